The Kier molecular flexibility index (Phi) is 4.44. The van der Waals surface area contributed by atoms with Crippen LogP contribution in [0.2, 0.25) is 5.02 Å². The molecule has 1 aromatic heterocycles. The monoisotopic (exact) mass is 286 g/mol. The second kappa shape index (κ2) is 6.07. The minimum atomic E-state index is 0.232. The van der Waals surface area contributed by atoms with Crippen molar-refractivity contribution >= 4 is 23.2 Å². The number of aryl methyl sites for hydroxylation is 2. The lowest BCUT2D eigenvalue weighted by Crippen LogP contribution is -1.96. The highest BCUT2D eigenvalue weighted by atomic mass is 35.5. The molecule has 0 N–H and O–H groups in total. The molecule has 96 valence electrons. The maximum Gasteiger partial charge on any atom is 0.253 e. The van der Waals surface area contributed by atoms with E-state index in [0.717, 1.165) is 5.56 Å². The molecule has 0 saturated heterocycles. The summed E-state index contributed by atoms with van der Waals surface area (Å²) >= 11 is 11.5. The Bertz CT molecular complexity index is 529. The molecule has 1 aromatic carbocycles. The smallest absolute Gasteiger partial charge is 0.253 e. The van der Waals surface area contributed by atoms with Crippen LogP contribution in [0.4, 0.5) is 0 Å². The van der Waals surface area contributed by atoms with Gasteiger partial charge >= 0.3 is 0 Å². The number of rotatable bonds is 5. The predicted molar refractivity (Wildman–Crippen MR) is 69.2 cm³/mol. The average Bonchev–Trinajstić information content (AvgIpc) is 2.79. The minimum absolute atomic E-state index is 0.232. The molecule has 2 aromatic rings. The summed E-state index contributed by atoms with van der Waals surface area (Å²) in [5, 5.41) is 8.42. The molecule has 0 spiro atoms. The van der Waals surface area contributed by atoms with E-state index < -0.39 is 0 Å². The Morgan fingerprint density at radius 1 is 1.28 bits per heavy atom. The highest BCUT2D eigenvalue weighted by Crippen LogP contribution is 2.21. The number of benzene rings is 1. The van der Waals surface area contributed by atoms with Gasteiger partial charge in [0.25, 0.3) is 5.89 Å². The molecule has 0 fully saturated rings. The van der Waals surface area contributed by atoms with Crippen LogP contribution in [0.15, 0.2) is 22.6 Å². The third-order valence-corrected chi connectivity index (χ3v) is 2.92. The molecule has 18 heavy (non-hydrogen) atoms. The molecular weight excluding hydrogens is 275 g/mol. The Morgan fingerprint density at radius 2 is 2.06 bits per heavy atom. The Labute approximate surface area is 115 Å². The number of ether oxygens (including phenoxy) is 1. The number of aromatic nitrogens is 2. The molecule has 0 aliphatic rings. The summed E-state index contributed by atoms with van der Waals surface area (Å²) in [7, 11) is 0. The van der Waals surface area contributed by atoms with Gasteiger partial charge in [-0.3, -0.25) is 0 Å². The topological polar surface area (TPSA) is 48.2 Å². The van der Waals surface area contributed by atoms with Gasteiger partial charge in [0.05, 0.1) is 0 Å². The number of hydrogen-bond donors (Lipinski definition) is 0. The molecule has 1 heterocycles. The first-order valence-electron chi connectivity index (χ1n) is 5.45. The van der Waals surface area contributed by atoms with Crippen LogP contribution in [0, 0.1) is 6.92 Å². The Morgan fingerprint density at radius 3 is 2.78 bits per heavy atom. The van der Waals surface area contributed by atoms with E-state index in [9.17, 15) is 0 Å². The normalized spacial score (nSPS) is 10.6. The zero-order chi connectivity index (χ0) is 13.0. The first-order valence-corrected chi connectivity index (χ1v) is 6.36. The lowest BCUT2D eigenvalue weighted by Gasteiger charge is -2.05. The van der Waals surface area contributed by atoms with Crippen molar-refractivity contribution in [2.45, 2.75) is 20.0 Å². The molecule has 0 bridgehead atoms. The fraction of sp³-hybridized carbons (Fsp3) is 0.333. The van der Waals surface area contributed by atoms with Crippen LogP contribution in [0.5, 0.6) is 5.75 Å². The first kappa shape index (κ1) is 13.2. The lowest BCUT2D eigenvalue weighted by molar-refractivity contribution is 0.259. The summed E-state index contributed by atoms with van der Waals surface area (Å²) in [6.07, 6.45) is 0.564. The highest BCUT2D eigenvalue weighted by Gasteiger charge is 2.06. The van der Waals surface area contributed by atoms with Crippen LogP contribution >= 0.6 is 23.2 Å². The summed E-state index contributed by atoms with van der Waals surface area (Å²) < 4.78 is 10.9. The zero-order valence-electron chi connectivity index (χ0n) is 9.82. The fourth-order valence-corrected chi connectivity index (χ4v) is 1.66. The molecule has 0 aliphatic heterocycles. The summed E-state index contributed by atoms with van der Waals surface area (Å²) in [4.78, 5) is 0. The van der Waals surface area contributed by atoms with Gasteiger partial charge in [-0.1, -0.05) is 11.6 Å². The molecular formula is C12H12Cl2N2O2. The molecule has 0 unspecified atom stereocenters. The number of hydrogen-bond acceptors (Lipinski definition) is 4. The van der Waals surface area contributed by atoms with E-state index in [1.54, 1.807) is 12.1 Å². The summed E-state index contributed by atoms with van der Waals surface area (Å²) in [5.41, 5.74) is 0.961. The number of halogens is 2. The molecule has 4 nitrogen and oxygen atoms in total. The van der Waals surface area contributed by atoms with Crippen LogP contribution in [0.25, 0.3) is 0 Å². The van der Waals surface area contributed by atoms with Crippen molar-refractivity contribution in [2.75, 3.05) is 5.88 Å². The number of nitrogens with zero attached hydrogens (tertiary/aromatic N) is 2. The molecule has 0 saturated carbocycles. The van der Waals surface area contributed by atoms with E-state index in [4.69, 9.17) is 32.4 Å². The summed E-state index contributed by atoms with van der Waals surface area (Å²) in [5.74, 6) is 2.13. The van der Waals surface area contributed by atoms with Gasteiger partial charge in [0.2, 0.25) is 5.89 Å². The van der Waals surface area contributed by atoms with Crippen LogP contribution < -0.4 is 4.74 Å². The van der Waals surface area contributed by atoms with E-state index in [-0.39, 0.29) is 6.61 Å². The van der Waals surface area contributed by atoms with Gasteiger partial charge in [0, 0.05) is 17.3 Å². The molecule has 0 radical (unpaired) electrons. The number of alkyl halides is 1. The molecule has 2 rings (SSSR count). The predicted octanol–water partition coefficient (Wildman–Crippen LogP) is 3.39. The van der Waals surface area contributed by atoms with E-state index in [2.05, 4.69) is 10.2 Å². The van der Waals surface area contributed by atoms with E-state index in [0.29, 0.717) is 34.9 Å². The largest absolute Gasteiger partial charge is 0.484 e. The summed E-state index contributed by atoms with van der Waals surface area (Å²) in [6, 6.07) is 5.45. The van der Waals surface area contributed by atoms with Crippen molar-refractivity contribution in [3.05, 3.63) is 40.6 Å². The van der Waals surface area contributed by atoms with Gasteiger partial charge in [0.15, 0.2) is 6.61 Å². The van der Waals surface area contributed by atoms with Crippen molar-refractivity contribution < 1.29 is 9.15 Å². The van der Waals surface area contributed by atoms with Gasteiger partial charge in [0.1, 0.15) is 5.75 Å². The van der Waals surface area contributed by atoms with E-state index in [1.807, 2.05) is 13.0 Å². The fourth-order valence-electron chi connectivity index (χ4n) is 1.38. The van der Waals surface area contributed by atoms with Crippen molar-refractivity contribution in [3.8, 4) is 5.75 Å². The standard InChI is InChI=1S/C12H12Cl2N2O2/c1-8-6-9(2-3-10(8)14)17-7-12-16-15-11(18-12)4-5-13/h2-3,6H,4-5,7H2,1H3. The van der Waals surface area contributed by atoms with Crippen LogP contribution in [-0.4, -0.2) is 16.1 Å². The van der Waals surface area contributed by atoms with Gasteiger partial charge in [-0.2, -0.15) is 0 Å². The zero-order valence-corrected chi connectivity index (χ0v) is 11.3. The lowest BCUT2D eigenvalue weighted by atomic mass is 10.2. The molecule has 0 atom stereocenters. The first-order chi connectivity index (χ1) is 8.69. The van der Waals surface area contributed by atoms with Gasteiger partial charge < -0.3 is 9.15 Å². The second-order valence-electron chi connectivity index (χ2n) is 3.73. The average molecular weight is 287 g/mol. The van der Waals surface area contributed by atoms with Crippen molar-refractivity contribution in [1.29, 1.82) is 0 Å². The van der Waals surface area contributed by atoms with Gasteiger partial charge in [-0.05, 0) is 30.7 Å². The highest BCUT2D eigenvalue weighted by molar-refractivity contribution is 6.31. The van der Waals surface area contributed by atoms with Crippen molar-refractivity contribution in [3.63, 3.8) is 0 Å². The quantitative estimate of drug-likeness (QED) is 0.791. The van der Waals surface area contributed by atoms with E-state index >= 15 is 0 Å². The van der Waals surface area contributed by atoms with Crippen molar-refractivity contribution in [2.24, 2.45) is 0 Å². The minimum Gasteiger partial charge on any atom is -0.484 e. The van der Waals surface area contributed by atoms with Crippen LogP contribution in [0.1, 0.15) is 17.3 Å². The SMILES string of the molecule is Cc1cc(OCc2nnc(CCCl)o2)ccc1Cl. The third kappa shape index (κ3) is 3.37. The molecule has 0 aliphatic carbocycles. The van der Waals surface area contributed by atoms with Crippen LogP contribution in [0.3, 0.4) is 0 Å². The third-order valence-electron chi connectivity index (χ3n) is 2.31. The maximum absolute atomic E-state index is 5.93. The Balaban J connectivity index is 1.95. The molecule has 0 amide bonds. The van der Waals surface area contributed by atoms with Gasteiger partial charge in [-0.25, -0.2) is 0 Å². The summed E-state index contributed by atoms with van der Waals surface area (Å²) in [6.45, 7) is 2.15. The molecule has 6 heteroatoms. The second-order valence-corrected chi connectivity index (χ2v) is 4.51. The van der Waals surface area contributed by atoms with Crippen molar-refractivity contribution in [1.82, 2.24) is 10.2 Å². The Hall–Kier alpha value is -1.26. The van der Waals surface area contributed by atoms with E-state index in [1.165, 1.54) is 0 Å². The maximum atomic E-state index is 5.93. The van der Waals surface area contributed by atoms with Crippen LogP contribution in [-0.2, 0) is 13.0 Å². The van der Waals surface area contributed by atoms with Gasteiger partial charge in [-0.15, -0.1) is 21.8 Å².